The number of hydrogen-bond acceptors (Lipinski definition) is 2. The smallest absolute Gasteiger partial charge is 0.187 e. The van der Waals surface area contributed by atoms with Crippen LogP contribution in [0.15, 0.2) is 0 Å². The lowest BCUT2D eigenvalue weighted by Gasteiger charge is -2.32. The summed E-state index contributed by atoms with van der Waals surface area (Å²) in [7, 11) is -1.44. The molecule has 0 atom stereocenters. The van der Waals surface area contributed by atoms with Gasteiger partial charge in [-0.3, -0.25) is 0 Å². The molecule has 1 N–H and O–H groups in total. The summed E-state index contributed by atoms with van der Waals surface area (Å²) in [5.74, 6) is 0. The Balaban J connectivity index is 3.65. The Morgan fingerprint density at radius 3 is 2.20 bits per heavy atom. The molecule has 0 unspecified atom stereocenters. The molecule has 0 spiro atoms. The first kappa shape index (κ1) is 15.1. The average molecular weight is 231 g/mol. The first-order valence-electron chi connectivity index (χ1n) is 6.18. The second kappa shape index (κ2) is 6.66. The van der Waals surface area contributed by atoms with Crippen molar-refractivity contribution in [1.82, 2.24) is 5.32 Å². The van der Waals surface area contributed by atoms with Gasteiger partial charge in [-0.1, -0.05) is 6.92 Å². The molecule has 0 bridgehead atoms. The maximum absolute atomic E-state index is 6.14. The largest absolute Gasteiger partial charge is 0.413 e. The van der Waals surface area contributed by atoms with E-state index in [1.165, 1.54) is 18.9 Å². The van der Waals surface area contributed by atoms with Crippen molar-refractivity contribution in [2.24, 2.45) is 0 Å². The quantitative estimate of drug-likeness (QED) is 0.536. The van der Waals surface area contributed by atoms with Crippen molar-refractivity contribution in [2.75, 3.05) is 13.1 Å². The molecule has 0 amide bonds. The average Bonchev–Trinajstić information content (AvgIpc) is 1.99. The van der Waals surface area contributed by atoms with Crippen LogP contribution >= 0.6 is 0 Å². The van der Waals surface area contributed by atoms with Crippen LogP contribution < -0.4 is 5.32 Å². The first-order chi connectivity index (χ1) is 6.77. The van der Waals surface area contributed by atoms with E-state index in [1.54, 1.807) is 0 Å². The summed E-state index contributed by atoms with van der Waals surface area (Å²) in [5.41, 5.74) is 0.0204. The summed E-state index contributed by atoms with van der Waals surface area (Å²) < 4.78 is 6.14. The van der Waals surface area contributed by atoms with Crippen LogP contribution in [-0.2, 0) is 4.43 Å². The van der Waals surface area contributed by atoms with Crippen LogP contribution in [0.2, 0.25) is 19.1 Å². The minimum Gasteiger partial charge on any atom is -0.413 e. The predicted octanol–water partition coefficient (Wildman–Crippen LogP) is 3.40. The van der Waals surface area contributed by atoms with Crippen LogP contribution in [0.4, 0.5) is 0 Å². The van der Waals surface area contributed by atoms with E-state index >= 15 is 0 Å². The van der Waals surface area contributed by atoms with Crippen molar-refractivity contribution >= 4 is 8.32 Å². The summed E-state index contributed by atoms with van der Waals surface area (Å²) in [4.78, 5) is 0. The van der Waals surface area contributed by atoms with Gasteiger partial charge in [-0.2, -0.15) is 0 Å². The highest BCUT2D eigenvalue weighted by molar-refractivity contribution is 6.71. The third-order valence-corrected chi connectivity index (χ3v) is 4.86. The van der Waals surface area contributed by atoms with E-state index in [2.05, 4.69) is 46.1 Å². The second-order valence-electron chi connectivity index (χ2n) is 5.83. The lowest BCUT2D eigenvalue weighted by atomic mass is 10.2. The number of nitrogens with one attached hydrogen (secondary N) is 1. The molecular formula is C12H29NOSi. The van der Waals surface area contributed by atoms with Crippen molar-refractivity contribution in [3.05, 3.63) is 0 Å². The van der Waals surface area contributed by atoms with E-state index in [0.717, 1.165) is 13.1 Å². The molecule has 0 heterocycles. The van der Waals surface area contributed by atoms with Gasteiger partial charge in [-0.05, 0) is 65.8 Å². The first-order valence-corrected chi connectivity index (χ1v) is 9.29. The highest BCUT2D eigenvalue weighted by atomic mass is 28.4. The van der Waals surface area contributed by atoms with E-state index in [9.17, 15) is 0 Å². The fourth-order valence-electron chi connectivity index (χ4n) is 1.82. The van der Waals surface area contributed by atoms with Gasteiger partial charge in [-0.15, -0.1) is 0 Å². The van der Waals surface area contributed by atoms with Crippen molar-refractivity contribution in [2.45, 2.75) is 65.3 Å². The van der Waals surface area contributed by atoms with Gasteiger partial charge in [0.05, 0.1) is 0 Å². The summed E-state index contributed by atoms with van der Waals surface area (Å²) in [6.07, 6.45) is 2.47. The zero-order valence-electron chi connectivity index (χ0n) is 11.4. The zero-order chi connectivity index (χ0) is 11.9. The SMILES string of the molecule is CCCNCCC[Si](C)(C)OC(C)(C)C. The molecule has 0 aromatic rings. The third-order valence-electron chi connectivity index (χ3n) is 2.14. The van der Waals surface area contributed by atoms with Crippen LogP contribution in [0.25, 0.3) is 0 Å². The van der Waals surface area contributed by atoms with E-state index in [1.807, 2.05) is 0 Å². The summed E-state index contributed by atoms with van der Waals surface area (Å²) >= 11 is 0. The Kier molecular flexibility index (Phi) is 6.72. The van der Waals surface area contributed by atoms with Crippen LogP contribution in [-0.4, -0.2) is 27.0 Å². The molecule has 0 saturated heterocycles. The fraction of sp³-hybridized carbons (Fsp3) is 1.00. The molecule has 2 nitrogen and oxygen atoms in total. The minimum absolute atomic E-state index is 0.0204. The topological polar surface area (TPSA) is 21.3 Å². The van der Waals surface area contributed by atoms with E-state index < -0.39 is 8.32 Å². The van der Waals surface area contributed by atoms with Gasteiger partial charge in [0.1, 0.15) is 0 Å². The van der Waals surface area contributed by atoms with Gasteiger partial charge in [0.2, 0.25) is 0 Å². The highest BCUT2D eigenvalue weighted by Crippen LogP contribution is 2.21. The summed E-state index contributed by atoms with van der Waals surface area (Å²) in [6.45, 7) is 15.6. The van der Waals surface area contributed by atoms with Crippen molar-refractivity contribution in [3.63, 3.8) is 0 Å². The molecule has 0 rings (SSSR count). The molecule has 0 aliphatic rings. The van der Waals surface area contributed by atoms with Crippen LogP contribution in [0.3, 0.4) is 0 Å². The maximum atomic E-state index is 6.14. The molecule has 0 saturated carbocycles. The molecule has 0 aromatic carbocycles. The molecule has 0 radical (unpaired) electrons. The monoisotopic (exact) mass is 231 g/mol. The summed E-state index contributed by atoms with van der Waals surface area (Å²) in [6, 6.07) is 1.25. The van der Waals surface area contributed by atoms with Gasteiger partial charge in [-0.25, -0.2) is 0 Å². The Bertz CT molecular complexity index is 163. The standard InChI is InChI=1S/C12H29NOSi/c1-7-9-13-10-8-11-15(5,6)14-12(2,3)4/h13H,7-11H2,1-6H3. The van der Waals surface area contributed by atoms with Gasteiger partial charge in [0.25, 0.3) is 0 Å². The van der Waals surface area contributed by atoms with E-state index in [4.69, 9.17) is 4.43 Å². The molecule has 0 fully saturated rings. The molecule has 0 aliphatic carbocycles. The van der Waals surface area contributed by atoms with E-state index in [0.29, 0.717) is 0 Å². The zero-order valence-corrected chi connectivity index (χ0v) is 12.4. The summed E-state index contributed by atoms with van der Waals surface area (Å²) in [5, 5.41) is 3.44. The van der Waals surface area contributed by atoms with Crippen LogP contribution in [0, 0.1) is 0 Å². The molecule has 92 valence electrons. The van der Waals surface area contributed by atoms with Crippen molar-refractivity contribution in [3.8, 4) is 0 Å². The molecule has 0 aromatic heterocycles. The molecular weight excluding hydrogens is 202 g/mol. The Morgan fingerprint density at radius 1 is 1.13 bits per heavy atom. The second-order valence-corrected chi connectivity index (χ2v) is 10.1. The lowest BCUT2D eigenvalue weighted by molar-refractivity contribution is 0.120. The van der Waals surface area contributed by atoms with Crippen molar-refractivity contribution in [1.29, 1.82) is 0 Å². The van der Waals surface area contributed by atoms with Gasteiger partial charge in [0.15, 0.2) is 8.32 Å². The Hall–Kier alpha value is 0.137. The van der Waals surface area contributed by atoms with Crippen LogP contribution in [0.1, 0.15) is 40.5 Å². The molecule has 3 heteroatoms. The van der Waals surface area contributed by atoms with Crippen molar-refractivity contribution < 1.29 is 4.43 Å². The van der Waals surface area contributed by atoms with Crippen LogP contribution in [0.5, 0.6) is 0 Å². The predicted molar refractivity (Wildman–Crippen MR) is 70.9 cm³/mol. The maximum Gasteiger partial charge on any atom is 0.187 e. The lowest BCUT2D eigenvalue weighted by Crippen LogP contribution is -2.39. The van der Waals surface area contributed by atoms with Gasteiger partial charge < -0.3 is 9.74 Å². The number of rotatable bonds is 7. The minimum atomic E-state index is -1.44. The highest BCUT2D eigenvalue weighted by Gasteiger charge is 2.27. The Morgan fingerprint density at radius 2 is 1.73 bits per heavy atom. The third kappa shape index (κ3) is 10.4. The number of hydrogen-bond donors (Lipinski definition) is 1. The normalized spacial score (nSPS) is 13.2. The fourth-order valence-corrected chi connectivity index (χ4v) is 4.61. The van der Waals surface area contributed by atoms with Gasteiger partial charge in [0, 0.05) is 5.60 Å². The molecule has 0 aliphatic heterocycles. The molecule has 15 heavy (non-hydrogen) atoms. The van der Waals surface area contributed by atoms with Gasteiger partial charge >= 0.3 is 0 Å². The van der Waals surface area contributed by atoms with E-state index in [-0.39, 0.29) is 5.60 Å². The Labute approximate surface area is 96.9 Å².